The van der Waals surface area contributed by atoms with E-state index in [1.165, 1.54) is 19.1 Å². The number of alkyl halides is 3. The summed E-state index contributed by atoms with van der Waals surface area (Å²) < 4.78 is 67.2. The van der Waals surface area contributed by atoms with Crippen LogP contribution in [-0.4, -0.2) is 30.4 Å². The standard InChI is InChI=1S/C16H13ClF3N3O2S/c1-2-23(26(24,25)14-6-11(8-21)9-22-10-14)15(16(18,19)20)12-4-3-5-13(17)7-12/h3-7,9-10,15H,2H2,1H3. The maximum absolute atomic E-state index is 13.7. The third kappa shape index (κ3) is 4.15. The molecule has 5 nitrogen and oxygen atoms in total. The number of aromatic nitrogens is 1. The summed E-state index contributed by atoms with van der Waals surface area (Å²) in [6.07, 6.45) is -2.86. The zero-order chi connectivity index (χ0) is 19.5. The lowest BCUT2D eigenvalue weighted by molar-refractivity contribution is -0.173. The molecule has 0 amide bonds. The Balaban J connectivity index is 2.62. The molecule has 0 radical (unpaired) electrons. The topological polar surface area (TPSA) is 74.1 Å². The average Bonchev–Trinajstić information content (AvgIpc) is 2.58. The molecule has 0 spiro atoms. The molecule has 0 N–H and O–H groups in total. The Labute approximate surface area is 153 Å². The molecule has 0 saturated heterocycles. The van der Waals surface area contributed by atoms with Gasteiger partial charge in [0.1, 0.15) is 17.0 Å². The Morgan fingerprint density at radius 2 is 2.00 bits per heavy atom. The van der Waals surface area contributed by atoms with E-state index in [1.807, 2.05) is 0 Å². The van der Waals surface area contributed by atoms with E-state index in [0.29, 0.717) is 4.31 Å². The number of hydrogen-bond donors (Lipinski definition) is 0. The SMILES string of the molecule is CCN(C(c1cccc(Cl)c1)C(F)(F)F)S(=O)(=O)c1cncc(C#N)c1. The van der Waals surface area contributed by atoms with Gasteiger partial charge in [-0.15, -0.1) is 0 Å². The molecule has 0 fully saturated rings. The van der Waals surface area contributed by atoms with Crippen molar-refractivity contribution in [2.75, 3.05) is 6.54 Å². The predicted octanol–water partition coefficient (Wildman–Crippen LogP) is 3.92. The molecule has 10 heteroatoms. The van der Waals surface area contributed by atoms with Crippen LogP contribution in [0.5, 0.6) is 0 Å². The molecule has 2 rings (SSSR count). The Hall–Kier alpha value is -2.15. The quantitative estimate of drug-likeness (QED) is 0.758. The Bertz CT molecular complexity index is 942. The third-order valence-corrected chi connectivity index (χ3v) is 5.66. The van der Waals surface area contributed by atoms with Gasteiger partial charge >= 0.3 is 6.18 Å². The second-order valence-corrected chi connectivity index (χ2v) is 7.56. The fourth-order valence-corrected chi connectivity index (χ4v) is 4.24. The van der Waals surface area contributed by atoms with Crippen molar-refractivity contribution in [1.82, 2.24) is 9.29 Å². The summed E-state index contributed by atoms with van der Waals surface area (Å²) in [5, 5.41) is 8.93. The number of rotatable bonds is 5. The molecule has 1 aromatic heterocycles. The number of pyridine rings is 1. The van der Waals surface area contributed by atoms with E-state index in [9.17, 15) is 21.6 Å². The minimum Gasteiger partial charge on any atom is -0.262 e. The zero-order valence-corrected chi connectivity index (χ0v) is 15.0. The molecule has 0 aliphatic heterocycles. The highest BCUT2D eigenvalue weighted by Gasteiger charge is 2.48. The van der Waals surface area contributed by atoms with Crippen LogP contribution in [-0.2, 0) is 10.0 Å². The van der Waals surface area contributed by atoms with Gasteiger partial charge in [0.2, 0.25) is 10.0 Å². The molecule has 1 unspecified atom stereocenters. The first-order chi connectivity index (χ1) is 12.1. The van der Waals surface area contributed by atoms with Crippen molar-refractivity contribution in [2.24, 2.45) is 0 Å². The lowest BCUT2D eigenvalue weighted by atomic mass is 10.1. The maximum atomic E-state index is 13.7. The van der Waals surface area contributed by atoms with Crippen LogP contribution in [0, 0.1) is 11.3 Å². The molecule has 1 aromatic carbocycles. The number of benzene rings is 1. The first-order valence-electron chi connectivity index (χ1n) is 7.30. The van der Waals surface area contributed by atoms with Gasteiger partial charge in [-0.3, -0.25) is 4.98 Å². The summed E-state index contributed by atoms with van der Waals surface area (Å²) in [5.74, 6) is 0. The normalized spacial score (nSPS) is 13.4. The van der Waals surface area contributed by atoms with Crippen molar-refractivity contribution < 1.29 is 21.6 Å². The lowest BCUT2D eigenvalue weighted by Crippen LogP contribution is -2.42. The Morgan fingerprint density at radius 1 is 1.31 bits per heavy atom. The summed E-state index contributed by atoms with van der Waals surface area (Å²) in [6, 6.07) is 5.20. The summed E-state index contributed by atoms with van der Waals surface area (Å²) in [4.78, 5) is 3.13. The van der Waals surface area contributed by atoms with Crippen LogP contribution in [0.15, 0.2) is 47.6 Å². The number of nitrogens with zero attached hydrogens (tertiary/aromatic N) is 3. The third-order valence-electron chi connectivity index (χ3n) is 3.52. The van der Waals surface area contributed by atoms with Crippen molar-refractivity contribution in [2.45, 2.75) is 24.0 Å². The van der Waals surface area contributed by atoms with Crippen LogP contribution in [0.3, 0.4) is 0 Å². The number of nitriles is 1. The van der Waals surface area contributed by atoms with Crippen molar-refractivity contribution >= 4 is 21.6 Å². The monoisotopic (exact) mass is 403 g/mol. The highest BCUT2D eigenvalue weighted by atomic mass is 35.5. The zero-order valence-electron chi connectivity index (χ0n) is 13.4. The van der Waals surface area contributed by atoms with Gasteiger partial charge < -0.3 is 0 Å². The lowest BCUT2D eigenvalue weighted by Gasteiger charge is -2.31. The summed E-state index contributed by atoms with van der Waals surface area (Å²) >= 11 is 5.78. The molecular weight excluding hydrogens is 391 g/mol. The first-order valence-corrected chi connectivity index (χ1v) is 9.12. The molecule has 1 heterocycles. The van der Waals surface area contributed by atoms with E-state index in [-0.39, 0.29) is 16.1 Å². The fourth-order valence-electron chi connectivity index (χ4n) is 2.44. The fraction of sp³-hybridized carbons (Fsp3) is 0.250. The largest absolute Gasteiger partial charge is 0.409 e. The molecule has 0 aliphatic rings. The van der Waals surface area contributed by atoms with Gasteiger partial charge in [0.05, 0.1) is 5.56 Å². The van der Waals surface area contributed by atoms with Gasteiger partial charge in [-0.25, -0.2) is 8.42 Å². The van der Waals surface area contributed by atoms with Crippen molar-refractivity contribution in [3.63, 3.8) is 0 Å². The van der Waals surface area contributed by atoms with Crippen LogP contribution in [0.4, 0.5) is 13.2 Å². The molecule has 0 bridgehead atoms. The van der Waals surface area contributed by atoms with E-state index in [4.69, 9.17) is 16.9 Å². The number of halogens is 4. The molecule has 138 valence electrons. The van der Waals surface area contributed by atoms with Crippen LogP contribution < -0.4 is 0 Å². The average molecular weight is 404 g/mol. The summed E-state index contributed by atoms with van der Waals surface area (Å²) in [6.45, 7) is 0.845. The van der Waals surface area contributed by atoms with Crippen molar-refractivity contribution in [3.05, 3.63) is 58.9 Å². The second-order valence-electron chi connectivity index (χ2n) is 5.23. The smallest absolute Gasteiger partial charge is 0.262 e. The summed E-state index contributed by atoms with van der Waals surface area (Å²) in [5.41, 5.74) is -0.381. The van der Waals surface area contributed by atoms with Crippen LogP contribution in [0.2, 0.25) is 5.02 Å². The van der Waals surface area contributed by atoms with Crippen molar-refractivity contribution in [1.29, 1.82) is 5.26 Å². The Kier molecular flexibility index (Phi) is 5.91. The van der Waals surface area contributed by atoms with Gasteiger partial charge in [-0.05, 0) is 23.8 Å². The minimum atomic E-state index is -4.88. The van der Waals surface area contributed by atoms with E-state index in [0.717, 1.165) is 30.6 Å². The van der Waals surface area contributed by atoms with Gasteiger partial charge in [-0.1, -0.05) is 30.7 Å². The molecule has 2 aromatic rings. The summed E-state index contributed by atoms with van der Waals surface area (Å²) in [7, 11) is -4.57. The van der Waals surface area contributed by atoms with Crippen molar-refractivity contribution in [3.8, 4) is 6.07 Å². The van der Waals surface area contributed by atoms with Gasteiger partial charge in [0, 0.05) is 24.0 Å². The van der Waals surface area contributed by atoms with E-state index >= 15 is 0 Å². The van der Waals surface area contributed by atoms with Crippen LogP contribution in [0.25, 0.3) is 0 Å². The van der Waals surface area contributed by atoms with Gasteiger partial charge in [0.15, 0.2) is 0 Å². The van der Waals surface area contributed by atoms with Crippen LogP contribution >= 0.6 is 11.6 Å². The number of sulfonamides is 1. The molecule has 0 saturated carbocycles. The second kappa shape index (κ2) is 7.61. The number of hydrogen-bond acceptors (Lipinski definition) is 4. The van der Waals surface area contributed by atoms with E-state index in [2.05, 4.69) is 4.98 Å². The predicted molar refractivity (Wildman–Crippen MR) is 88.8 cm³/mol. The molecule has 0 aliphatic carbocycles. The van der Waals surface area contributed by atoms with Gasteiger partial charge in [0.25, 0.3) is 0 Å². The molecular formula is C16H13ClF3N3O2S. The highest BCUT2D eigenvalue weighted by molar-refractivity contribution is 7.89. The van der Waals surface area contributed by atoms with Crippen LogP contribution in [0.1, 0.15) is 24.1 Å². The minimum absolute atomic E-state index is 0.0540. The maximum Gasteiger partial charge on any atom is 0.409 e. The molecule has 1 atom stereocenters. The van der Waals surface area contributed by atoms with E-state index in [1.54, 1.807) is 6.07 Å². The molecule has 26 heavy (non-hydrogen) atoms. The van der Waals surface area contributed by atoms with E-state index < -0.39 is 33.7 Å². The van der Waals surface area contributed by atoms with Gasteiger partial charge in [-0.2, -0.15) is 22.7 Å². The highest BCUT2D eigenvalue weighted by Crippen LogP contribution is 2.41. The first kappa shape index (κ1) is 20.2. The Morgan fingerprint density at radius 3 is 2.54 bits per heavy atom.